The highest BCUT2D eigenvalue weighted by molar-refractivity contribution is 6.30. The van der Waals surface area contributed by atoms with Crippen molar-refractivity contribution in [2.24, 2.45) is 5.73 Å². The van der Waals surface area contributed by atoms with E-state index >= 15 is 0 Å². The molecule has 0 radical (unpaired) electrons. The molecule has 0 aliphatic heterocycles. The van der Waals surface area contributed by atoms with E-state index in [9.17, 15) is 0 Å². The molecule has 96 valence electrons. The molecule has 1 unspecified atom stereocenters. The lowest BCUT2D eigenvalue weighted by molar-refractivity contribution is 0.555. The lowest BCUT2D eigenvalue weighted by Gasteiger charge is -2.13. The van der Waals surface area contributed by atoms with Crippen LogP contribution >= 0.6 is 11.6 Å². The van der Waals surface area contributed by atoms with E-state index in [-0.39, 0.29) is 6.04 Å². The van der Waals surface area contributed by atoms with Crippen molar-refractivity contribution in [2.75, 3.05) is 0 Å². The van der Waals surface area contributed by atoms with E-state index in [1.807, 2.05) is 12.1 Å². The molecule has 0 heterocycles. The molecule has 1 nitrogen and oxygen atoms in total. The molecule has 0 saturated carbocycles. The molecule has 0 amide bonds. The van der Waals surface area contributed by atoms with Crippen molar-refractivity contribution in [3.05, 3.63) is 34.3 Å². The Labute approximate surface area is 110 Å². The second-order valence-corrected chi connectivity index (χ2v) is 5.31. The van der Waals surface area contributed by atoms with E-state index in [4.69, 9.17) is 17.3 Å². The summed E-state index contributed by atoms with van der Waals surface area (Å²) < 4.78 is 0. The molecule has 0 aliphatic carbocycles. The zero-order chi connectivity index (χ0) is 12.7. The minimum absolute atomic E-state index is 0.133. The molecule has 1 aromatic rings. The second kappa shape index (κ2) is 7.73. The van der Waals surface area contributed by atoms with Crippen LogP contribution in [0.25, 0.3) is 0 Å². The first kappa shape index (κ1) is 14.5. The fraction of sp³-hybridized carbons (Fsp3) is 0.600. The van der Waals surface area contributed by atoms with Crippen LogP contribution in [0, 0.1) is 6.92 Å². The first-order chi connectivity index (χ1) is 8.13. The number of hydrogen-bond donors (Lipinski definition) is 1. The summed E-state index contributed by atoms with van der Waals surface area (Å²) in [5.41, 5.74) is 8.55. The summed E-state index contributed by atoms with van der Waals surface area (Å²) >= 11 is 6.04. The van der Waals surface area contributed by atoms with Gasteiger partial charge in [-0.1, -0.05) is 56.7 Å². The van der Waals surface area contributed by atoms with Gasteiger partial charge in [-0.15, -0.1) is 0 Å². The van der Waals surface area contributed by atoms with Gasteiger partial charge in [0.05, 0.1) is 0 Å². The maximum absolute atomic E-state index is 6.19. The van der Waals surface area contributed by atoms with Crippen LogP contribution < -0.4 is 5.73 Å². The standard InChI is InChI=1S/C15H24ClN/c1-3-4-5-6-7-8-15(17)13-9-12(2)10-14(16)11-13/h9-11,15H,3-8,17H2,1-2H3. The number of benzene rings is 1. The van der Waals surface area contributed by atoms with Gasteiger partial charge in [0.25, 0.3) is 0 Å². The summed E-state index contributed by atoms with van der Waals surface area (Å²) in [6.45, 7) is 4.30. The van der Waals surface area contributed by atoms with E-state index in [0.717, 1.165) is 11.4 Å². The van der Waals surface area contributed by atoms with Crippen LogP contribution in [0.3, 0.4) is 0 Å². The Morgan fingerprint density at radius 1 is 1.12 bits per heavy atom. The maximum Gasteiger partial charge on any atom is 0.0411 e. The van der Waals surface area contributed by atoms with Gasteiger partial charge in [-0.25, -0.2) is 0 Å². The van der Waals surface area contributed by atoms with Crippen molar-refractivity contribution in [3.63, 3.8) is 0 Å². The van der Waals surface area contributed by atoms with Crippen molar-refractivity contribution >= 4 is 11.6 Å². The molecule has 0 aromatic heterocycles. The average molecular weight is 254 g/mol. The molecular formula is C15H24ClN. The number of aryl methyl sites for hydroxylation is 1. The lowest BCUT2D eigenvalue weighted by Crippen LogP contribution is -2.10. The van der Waals surface area contributed by atoms with Crippen LogP contribution in [0.2, 0.25) is 5.02 Å². The third kappa shape index (κ3) is 5.56. The van der Waals surface area contributed by atoms with Crippen LogP contribution in [0.1, 0.15) is 62.6 Å². The van der Waals surface area contributed by atoms with Crippen molar-refractivity contribution in [1.29, 1.82) is 0 Å². The SMILES string of the molecule is CCCCCCCC(N)c1cc(C)cc(Cl)c1. The summed E-state index contributed by atoms with van der Waals surface area (Å²) in [6, 6.07) is 6.24. The number of nitrogens with two attached hydrogens (primary N) is 1. The Morgan fingerprint density at radius 3 is 2.47 bits per heavy atom. The van der Waals surface area contributed by atoms with Crippen LogP contribution in [-0.2, 0) is 0 Å². The highest BCUT2D eigenvalue weighted by Gasteiger charge is 2.07. The normalized spacial score (nSPS) is 12.7. The fourth-order valence-electron chi connectivity index (χ4n) is 2.11. The van der Waals surface area contributed by atoms with Gasteiger partial charge in [0, 0.05) is 11.1 Å². The number of hydrogen-bond acceptors (Lipinski definition) is 1. The van der Waals surface area contributed by atoms with Gasteiger partial charge in [-0.3, -0.25) is 0 Å². The molecule has 1 rings (SSSR count). The predicted molar refractivity (Wildman–Crippen MR) is 76.5 cm³/mol. The van der Waals surface area contributed by atoms with E-state index in [1.54, 1.807) is 0 Å². The molecule has 0 saturated heterocycles. The summed E-state index contributed by atoms with van der Waals surface area (Å²) in [6.07, 6.45) is 7.53. The topological polar surface area (TPSA) is 26.0 Å². The third-order valence-corrected chi connectivity index (χ3v) is 3.33. The van der Waals surface area contributed by atoms with Gasteiger partial charge in [0.2, 0.25) is 0 Å². The quantitative estimate of drug-likeness (QED) is 0.680. The number of rotatable bonds is 7. The molecule has 0 fully saturated rings. The summed E-state index contributed by atoms with van der Waals surface area (Å²) in [4.78, 5) is 0. The van der Waals surface area contributed by atoms with Gasteiger partial charge in [0.15, 0.2) is 0 Å². The average Bonchev–Trinajstić information content (AvgIpc) is 2.27. The van der Waals surface area contributed by atoms with E-state index < -0.39 is 0 Å². The van der Waals surface area contributed by atoms with Gasteiger partial charge >= 0.3 is 0 Å². The number of halogens is 1. The largest absolute Gasteiger partial charge is 0.324 e. The Bertz CT molecular complexity index is 315. The van der Waals surface area contributed by atoms with E-state index in [2.05, 4.69) is 19.9 Å². The molecule has 0 aliphatic rings. The van der Waals surface area contributed by atoms with Gasteiger partial charge in [0.1, 0.15) is 0 Å². The van der Waals surface area contributed by atoms with E-state index in [0.29, 0.717) is 0 Å². The molecule has 17 heavy (non-hydrogen) atoms. The fourth-order valence-corrected chi connectivity index (χ4v) is 2.41. The van der Waals surface area contributed by atoms with Gasteiger partial charge in [-0.2, -0.15) is 0 Å². The molecular weight excluding hydrogens is 230 g/mol. The van der Waals surface area contributed by atoms with Crippen LogP contribution in [0.15, 0.2) is 18.2 Å². The Balaban J connectivity index is 2.38. The molecule has 2 N–H and O–H groups in total. The zero-order valence-corrected chi connectivity index (χ0v) is 11.8. The van der Waals surface area contributed by atoms with Crippen molar-refractivity contribution in [3.8, 4) is 0 Å². The minimum Gasteiger partial charge on any atom is -0.324 e. The zero-order valence-electron chi connectivity index (χ0n) is 11.0. The van der Waals surface area contributed by atoms with Gasteiger partial charge in [-0.05, 0) is 36.6 Å². The van der Waals surface area contributed by atoms with Crippen LogP contribution in [0.5, 0.6) is 0 Å². The first-order valence-corrected chi connectivity index (χ1v) is 7.04. The highest BCUT2D eigenvalue weighted by atomic mass is 35.5. The Hall–Kier alpha value is -0.530. The monoisotopic (exact) mass is 253 g/mol. The van der Waals surface area contributed by atoms with Crippen LogP contribution in [-0.4, -0.2) is 0 Å². The maximum atomic E-state index is 6.19. The van der Waals surface area contributed by atoms with Crippen molar-refractivity contribution in [1.82, 2.24) is 0 Å². The molecule has 0 spiro atoms. The summed E-state index contributed by atoms with van der Waals surface area (Å²) in [5, 5.41) is 0.793. The Kier molecular flexibility index (Phi) is 6.61. The summed E-state index contributed by atoms with van der Waals surface area (Å²) in [5.74, 6) is 0. The lowest BCUT2D eigenvalue weighted by atomic mass is 9.99. The van der Waals surface area contributed by atoms with E-state index in [1.165, 1.54) is 43.2 Å². The number of unbranched alkanes of at least 4 members (excludes halogenated alkanes) is 4. The molecule has 0 bridgehead atoms. The first-order valence-electron chi connectivity index (χ1n) is 6.66. The van der Waals surface area contributed by atoms with Crippen molar-refractivity contribution in [2.45, 2.75) is 58.4 Å². The molecule has 1 atom stereocenters. The van der Waals surface area contributed by atoms with Gasteiger partial charge < -0.3 is 5.73 Å². The van der Waals surface area contributed by atoms with Crippen molar-refractivity contribution < 1.29 is 0 Å². The van der Waals surface area contributed by atoms with Crippen LogP contribution in [0.4, 0.5) is 0 Å². The summed E-state index contributed by atoms with van der Waals surface area (Å²) in [7, 11) is 0. The molecule has 1 aromatic carbocycles. The molecule has 2 heteroatoms. The highest BCUT2D eigenvalue weighted by Crippen LogP contribution is 2.22. The predicted octanol–water partition coefficient (Wildman–Crippen LogP) is 5.01. The Morgan fingerprint density at radius 2 is 1.82 bits per heavy atom. The third-order valence-electron chi connectivity index (χ3n) is 3.11. The second-order valence-electron chi connectivity index (χ2n) is 4.87. The smallest absolute Gasteiger partial charge is 0.0411 e. The minimum atomic E-state index is 0.133.